The molecule has 0 unspecified atom stereocenters. The van der Waals surface area contributed by atoms with E-state index in [1.807, 2.05) is 0 Å². The number of amides is 2. The summed E-state index contributed by atoms with van der Waals surface area (Å²) in [6.07, 6.45) is 2.93. The number of aromatic nitrogens is 2. The van der Waals surface area contributed by atoms with Gasteiger partial charge in [-0.3, -0.25) is 0 Å². The molecule has 0 radical (unpaired) electrons. The Kier molecular flexibility index (Phi) is 4.12. The smallest absolute Gasteiger partial charge is 0.318 e. The topological polar surface area (TPSA) is 67.4 Å². The molecule has 1 N–H and O–H groups in total. The normalized spacial score (nSPS) is 22.3. The van der Waals surface area contributed by atoms with Crippen molar-refractivity contribution in [1.82, 2.24) is 20.2 Å². The molecule has 0 aliphatic carbocycles. The van der Waals surface area contributed by atoms with Gasteiger partial charge in [0.05, 0.1) is 18.3 Å². The summed E-state index contributed by atoms with van der Waals surface area (Å²) in [4.78, 5) is 21.1. The number of rotatable bonds is 3. The highest BCUT2D eigenvalue weighted by Gasteiger charge is 2.46. The molecule has 1 aliphatic heterocycles. The maximum absolute atomic E-state index is 13.4. The molecule has 2 amide bonds. The van der Waals surface area contributed by atoms with Crippen LogP contribution in [0, 0.1) is 0 Å². The molecule has 0 bridgehead atoms. The van der Waals surface area contributed by atoms with Crippen LogP contribution in [0.4, 0.5) is 13.6 Å². The molecule has 2 rings (SSSR count). The van der Waals surface area contributed by atoms with Crippen LogP contribution in [0.15, 0.2) is 18.6 Å². The first-order chi connectivity index (χ1) is 9.42. The van der Waals surface area contributed by atoms with Gasteiger partial charge in [0.1, 0.15) is 19.0 Å². The van der Waals surface area contributed by atoms with Crippen LogP contribution in [0.1, 0.15) is 18.7 Å². The molecule has 1 aliphatic rings. The van der Waals surface area contributed by atoms with E-state index >= 15 is 0 Å². The van der Waals surface area contributed by atoms with E-state index in [-0.39, 0.29) is 12.6 Å². The van der Waals surface area contributed by atoms with Gasteiger partial charge in [0, 0.05) is 13.2 Å². The van der Waals surface area contributed by atoms with Crippen LogP contribution in [-0.2, 0) is 4.74 Å². The Morgan fingerprint density at radius 2 is 2.40 bits per heavy atom. The van der Waals surface area contributed by atoms with Gasteiger partial charge in [-0.1, -0.05) is 0 Å². The molecule has 0 saturated carbocycles. The zero-order valence-corrected chi connectivity index (χ0v) is 11.2. The van der Waals surface area contributed by atoms with Gasteiger partial charge in [0.2, 0.25) is 0 Å². The molecule has 1 saturated heterocycles. The summed E-state index contributed by atoms with van der Waals surface area (Å²) in [5.41, 5.74) is 0.632. The standard InChI is InChI=1S/C12H16F2N4O2/c1-8(9-3-4-15-7-16-9)18(2)11(19)17-10-5-20-6-12(10,13)14/h3-4,7-8,10H,5-6H2,1-2H3,(H,17,19)/t8-,10-/m0/s1. The maximum atomic E-state index is 13.4. The molecule has 8 heteroatoms. The first kappa shape index (κ1) is 14.6. The lowest BCUT2D eigenvalue weighted by Gasteiger charge is -2.27. The van der Waals surface area contributed by atoms with Gasteiger partial charge in [-0.15, -0.1) is 0 Å². The minimum absolute atomic E-state index is 0.186. The van der Waals surface area contributed by atoms with Crippen molar-refractivity contribution < 1.29 is 18.3 Å². The monoisotopic (exact) mass is 286 g/mol. The summed E-state index contributed by atoms with van der Waals surface area (Å²) in [5.74, 6) is -3.03. The van der Waals surface area contributed by atoms with Crippen molar-refractivity contribution in [1.29, 1.82) is 0 Å². The number of urea groups is 1. The van der Waals surface area contributed by atoms with E-state index in [0.29, 0.717) is 5.69 Å². The van der Waals surface area contributed by atoms with Gasteiger partial charge in [0.15, 0.2) is 0 Å². The molecule has 1 fully saturated rings. The van der Waals surface area contributed by atoms with Crippen LogP contribution in [0.25, 0.3) is 0 Å². The molecule has 1 aromatic rings. The van der Waals surface area contributed by atoms with E-state index in [2.05, 4.69) is 15.3 Å². The fourth-order valence-electron chi connectivity index (χ4n) is 1.86. The number of hydrogen-bond donors (Lipinski definition) is 1. The predicted octanol–water partition coefficient (Wildman–Crippen LogP) is 1.21. The molecule has 1 aromatic heterocycles. The lowest BCUT2D eigenvalue weighted by Crippen LogP contribution is -2.51. The SMILES string of the molecule is C[C@@H](c1ccncn1)N(C)C(=O)N[C@H]1COCC1(F)F. The molecule has 20 heavy (non-hydrogen) atoms. The number of nitrogens with zero attached hydrogens (tertiary/aromatic N) is 3. The Hall–Kier alpha value is -1.83. The fraction of sp³-hybridized carbons (Fsp3) is 0.583. The van der Waals surface area contributed by atoms with E-state index in [0.717, 1.165) is 0 Å². The Morgan fingerprint density at radius 3 is 2.95 bits per heavy atom. The van der Waals surface area contributed by atoms with E-state index in [1.165, 1.54) is 18.3 Å². The number of ether oxygens (including phenoxy) is 1. The number of hydrogen-bond acceptors (Lipinski definition) is 4. The third-order valence-corrected chi connectivity index (χ3v) is 3.32. The maximum Gasteiger partial charge on any atom is 0.318 e. The molecular formula is C12H16F2N4O2. The first-order valence-corrected chi connectivity index (χ1v) is 6.16. The Labute approximate surface area is 115 Å². The third kappa shape index (κ3) is 3.01. The van der Waals surface area contributed by atoms with Crippen molar-refractivity contribution in [2.24, 2.45) is 0 Å². The third-order valence-electron chi connectivity index (χ3n) is 3.32. The quantitative estimate of drug-likeness (QED) is 0.907. The van der Waals surface area contributed by atoms with Gasteiger partial charge >= 0.3 is 6.03 Å². The van der Waals surface area contributed by atoms with Gasteiger partial charge < -0.3 is 15.0 Å². The van der Waals surface area contributed by atoms with Crippen LogP contribution in [-0.4, -0.2) is 53.1 Å². The molecule has 2 atom stereocenters. The van der Waals surface area contributed by atoms with Crippen molar-refractivity contribution in [3.63, 3.8) is 0 Å². The van der Waals surface area contributed by atoms with E-state index in [9.17, 15) is 13.6 Å². The zero-order chi connectivity index (χ0) is 14.8. The molecule has 2 heterocycles. The average Bonchev–Trinajstić information content (AvgIpc) is 2.77. The van der Waals surface area contributed by atoms with Crippen molar-refractivity contribution in [2.75, 3.05) is 20.3 Å². The van der Waals surface area contributed by atoms with Crippen LogP contribution in [0.5, 0.6) is 0 Å². The van der Waals surface area contributed by atoms with E-state index in [1.54, 1.807) is 19.2 Å². The summed E-state index contributed by atoms with van der Waals surface area (Å²) in [5, 5.41) is 2.29. The lowest BCUT2D eigenvalue weighted by atomic mass is 10.2. The van der Waals surface area contributed by atoms with E-state index in [4.69, 9.17) is 4.74 Å². The molecule has 6 nitrogen and oxygen atoms in total. The summed E-state index contributed by atoms with van der Waals surface area (Å²) in [7, 11) is 1.52. The molecule has 0 aromatic carbocycles. The Balaban J connectivity index is 1.99. The summed E-state index contributed by atoms with van der Waals surface area (Å²) in [6.45, 7) is 0.906. The molecule has 110 valence electrons. The summed E-state index contributed by atoms with van der Waals surface area (Å²) < 4.78 is 31.4. The minimum Gasteiger partial charge on any atom is -0.373 e. The van der Waals surface area contributed by atoms with Crippen molar-refractivity contribution in [2.45, 2.75) is 24.9 Å². The fourth-order valence-corrected chi connectivity index (χ4v) is 1.86. The van der Waals surface area contributed by atoms with Crippen LogP contribution in [0.2, 0.25) is 0 Å². The second-order valence-electron chi connectivity index (χ2n) is 4.70. The number of halogens is 2. The average molecular weight is 286 g/mol. The number of alkyl halides is 2. The highest BCUT2D eigenvalue weighted by molar-refractivity contribution is 5.74. The second kappa shape index (κ2) is 5.66. The number of carbonyl (C=O) groups excluding carboxylic acids is 1. The highest BCUT2D eigenvalue weighted by atomic mass is 19.3. The highest BCUT2D eigenvalue weighted by Crippen LogP contribution is 2.25. The largest absolute Gasteiger partial charge is 0.373 e. The minimum atomic E-state index is -3.03. The summed E-state index contributed by atoms with van der Waals surface area (Å²) in [6, 6.07) is -0.572. The molecule has 0 spiro atoms. The summed E-state index contributed by atoms with van der Waals surface area (Å²) >= 11 is 0. The Morgan fingerprint density at radius 1 is 1.65 bits per heavy atom. The van der Waals surface area contributed by atoms with Crippen molar-refractivity contribution >= 4 is 6.03 Å². The predicted molar refractivity (Wildman–Crippen MR) is 66.3 cm³/mol. The van der Waals surface area contributed by atoms with Crippen molar-refractivity contribution in [3.8, 4) is 0 Å². The van der Waals surface area contributed by atoms with Crippen LogP contribution in [0.3, 0.4) is 0 Å². The van der Waals surface area contributed by atoms with E-state index < -0.39 is 24.6 Å². The first-order valence-electron chi connectivity index (χ1n) is 6.16. The molecular weight excluding hydrogens is 270 g/mol. The van der Waals surface area contributed by atoms with Gasteiger partial charge in [0.25, 0.3) is 5.92 Å². The van der Waals surface area contributed by atoms with Crippen LogP contribution >= 0.6 is 0 Å². The zero-order valence-electron chi connectivity index (χ0n) is 11.2. The van der Waals surface area contributed by atoms with Gasteiger partial charge in [-0.25, -0.2) is 23.5 Å². The van der Waals surface area contributed by atoms with Crippen molar-refractivity contribution in [3.05, 3.63) is 24.3 Å². The second-order valence-corrected chi connectivity index (χ2v) is 4.70. The van der Waals surface area contributed by atoms with Gasteiger partial charge in [-0.2, -0.15) is 0 Å². The van der Waals surface area contributed by atoms with Crippen LogP contribution < -0.4 is 5.32 Å². The number of nitrogens with one attached hydrogen (secondary N) is 1. The van der Waals surface area contributed by atoms with Gasteiger partial charge in [-0.05, 0) is 13.0 Å². The lowest BCUT2D eigenvalue weighted by molar-refractivity contribution is -0.0223. The number of carbonyl (C=O) groups is 1. The Bertz CT molecular complexity index is 472.